The number of nitrogens with zero attached hydrogens (tertiary/aromatic N) is 1. The van der Waals surface area contributed by atoms with Gasteiger partial charge in [-0.3, -0.25) is 0 Å². The highest BCUT2D eigenvalue weighted by Crippen LogP contribution is 2.19. The third kappa shape index (κ3) is 2.40. The SMILES string of the molecule is CO/C=C/c1ccc(N=O)c(C)c1. The van der Waals surface area contributed by atoms with Crippen molar-refractivity contribution in [3.8, 4) is 0 Å². The molecule has 3 nitrogen and oxygen atoms in total. The van der Waals surface area contributed by atoms with Gasteiger partial charge in [0.25, 0.3) is 0 Å². The van der Waals surface area contributed by atoms with Crippen LogP contribution in [0.25, 0.3) is 6.08 Å². The Balaban J connectivity index is 2.95. The number of aryl methyl sites for hydroxylation is 1. The van der Waals surface area contributed by atoms with E-state index in [4.69, 9.17) is 4.74 Å². The van der Waals surface area contributed by atoms with Crippen molar-refractivity contribution in [1.82, 2.24) is 0 Å². The molecule has 1 rings (SSSR count). The van der Waals surface area contributed by atoms with Crippen LogP contribution in [0.4, 0.5) is 5.69 Å². The molecule has 0 bridgehead atoms. The molecular weight excluding hydrogens is 166 g/mol. The van der Waals surface area contributed by atoms with Crippen molar-refractivity contribution < 1.29 is 4.74 Å². The lowest BCUT2D eigenvalue weighted by atomic mass is 10.1. The van der Waals surface area contributed by atoms with E-state index >= 15 is 0 Å². The van der Waals surface area contributed by atoms with Gasteiger partial charge in [-0.1, -0.05) is 6.07 Å². The van der Waals surface area contributed by atoms with E-state index in [9.17, 15) is 4.91 Å². The molecule has 68 valence electrons. The smallest absolute Gasteiger partial charge is 0.110 e. The Hall–Kier alpha value is -1.64. The summed E-state index contributed by atoms with van der Waals surface area (Å²) in [6, 6.07) is 5.39. The predicted molar refractivity (Wildman–Crippen MR) is 52.7 cm³/mol. The number of rotatable bonds is 3. The van der Waals surface area contributed by atoms with Gasteiger partial charge < -0.3 is 4.74 Å². The zero-order valence-corrected chi connectivity index (χ0v) is 7.65. The zero-order valence-electron chi connectivity index (χ0n) is 7.65. The monoisotopic (exact) mass is 177 g/mol. The summed E-state index contributed by atoms with van der Waals surface area (Å²) in [6.45, 7) is 1.85. The second-order valence-corrected chi connectivity index (χ2v) is 2.68. The Morgan fingerprint density at radius 3 is 2.77 bits per heavy atom. The lowest BCUT2D eigenvalue weighted by molar-refractivity contribution is 0.341. The van der Waals surface area contributed by atoms with Crippen LogP contribution < -0.4 is 0 Å². The third-order valence-electron chi connectivity index (χ3n) is 1.72. The molecule has 0 unspecified atom stereocenters. The summed E-state index contributed by atoms with van der Waals surface area (Å²) in [5, 5.41) is 2.89. The molecule has 0 saturated carbocycles. The van der Waals surface area contributed by atoms with Crippen LogP contribution in [0.3, 0.4) is 0 Å². The average molecular weight is 177 g/mol. The van der Waals surface area contributed by atoms with Gasteiger partial charge in [0.15, 0.2) is 0 Å². The molecule has 0 aliphatic carbocycles. The normalized spacial score (nSPS) is 10.3. The van der Waals surface area contributed by atoms with Crippen molar-refractivity contribution in [2.75, 3.05) is 7.11 Å². The van der Waals surface area contributed by atoms with Crippen molar-refractivity contribution in [2.24, 2.45) is 5.18 Å². The molecule has 0 aliphatic heterocycles. The lowest BCUT2D eigenvalue weighted by Gasteiger charge is -1.98. The molecule has 0 radical (unpaired) electrons. The minimum atomic E-state index is 0.481. The van der Waals surface area contributed by atoms with Gasteiger partial charge in [-0.2, -0.15) is 0 Å². The molecule has 0 heterocycles. The first-order valence-electron chi connectivity index (χ1n) is 3.91. The van der Waals surface area contributed by atoms with Gasteiger partial charge in [-0.15, -0.1) is 4.91 Å². The Bertz CT molecular complexity index is 332. The van der Waals surface area contributed by atoms with Crippen LogP contribution in [0.15, 0.2) is 29.6 Å². The first-order valence-corrected chi connectivity index (χ1v) is 3.91. The van der Waals surface area contributed by atoms with Crippen LogP contribution >= 0.6 is 0 Å². The van der Waals surface area contributed by atoms with E-state index in [0.717, 1.165) is 11.1 Å². The predicted octanol–water partition coefficient (Wildman–Crippen LogP) is 3.01. The van der Waals surface area contributed by atoms with Crippen molar-refractivity contribution in [1.29, 1.82) is 0 Å². The molecule has 0 amide bonds. The van der Waals surface area contributed by atoms with Crippen LogP contribution in [0.2, 0.25) is 0 Å². The molecule has 0 aliphatic rings. The van der Waals surface area contributed by atoms with Gasteiger partial charge >= 0.3 is 0 Å². The van der Waals surface area contributed by atoms with Gasteiger partial charge in [0.1, 0.15) is 5.69 Å². The molecule has 1 aromatic carbocycles. The van der Waals surface area contributed by atoms with Crippen molar-refractivity contribution in [3.05, 3.63) is 40.5 Å². The van der Waals surface area contributed by atoms with Crippen LogP contribution in [0, 0.1) is 11.8 Å². The highest BCUT2D eigenvalue weighted by atomic mass is 16.5. The number of hydrogen-bond acceptors (Lipinski definition) is 3. The van der Waals surface area contributed by atoms with E-state index in [0.29, 0.717) is 5.69 Å². The summed E-state index contributed by atoms with van der Waals surface area (Å²) in [4.78, 5) is 10.3. The maximum Gasteiger partial charge on any atom is 0.110 e. The molecule has 0 aromatic heterocycles. The van der Waals surface area contributed by atoms with Crippen molar-refractivity contribution in [3.63, 3.8) is 0 Å². The van der Waals surface area contributed by atoms with Crippen LogP contribution in [0.1, 0.15) is 11.1 Å². The Morgan fingerprint density at radius 1 is 1.46 bits per heavy atom. The van der Waals surface area contributed by atoms with E-state index in [-0.39, 0.29) is 0 Å². The van der Waals surface area contributed by atoms with E-state index in [2.05, 4.69) is 5.18 Å². The maximum absolute atomic E-state index is 10.3. The third-order valence-corrected chi connectivity index (χ3v) is 1.72. The Labute approximate surface area is 77.0 Å². The second-order valence-electron chi connectivity index (χ2n) is 2.68. The fourth-order valence-electron chi connectivity index (χ4n) is 1.03. The van der Waals surface area contributed by atoms with Crippen LogP contribution in [-0.4, -0.2) is 7.11 Å². The zero-order chi connectivity index (χ0) is 9.68. The topological polar surface area (TPSA) is 38.7 Å². The van der Waals surface area contributed by atoms with Crippen LogP contribution in [-0.2, 0) is 4.74 Å². The molecule has 0 atom stereocenters. The summed E-state index contributed by atoms with van der Waals surface area (Å²) in [7, 11) is 1.59. The van der Waals surface area contributed by atoms with E-state index in [1.165, 1.54) is 0 Å². The fourth-order valence-corrected chi connectivity index (χ4v) is 1.03. The van der Waals surface area contributed by atoms with Gasteiger partial charge in [0.2, 0.25) is 0 Å². The number of ether oxygens (including phenoxy) is 1. The second kappa shape index (κ2) is 4.40. The van der Waals surface area contributed by atoms with Gasteiger partial charge in [0.05, 0.1) is 13.4 Å². The summed E-state index contributed by atoms with van der Waals surface area (Å²) >= 11 is 0. The van der Waals surface area contributed by atoms with Gasteiger partial charge in [0, 0.05) is 0 Å². The molecule has 3 heteroatoms. The summed E-state index contributed by atoms with van der Waals surface area (Å²) in [5.74, 6) is 0. The Kier molecular flexibility index (Phi) is 3.20. The fraction of sp³-hybridized carbons (Fsp3) is 0.200. The molecule has 0 N–H and O–H groups in total. The number of nitroso groups, excluding NO2 is 1. The minimum absolute atomic E-state index is 0.481. The van der Waals surface area contributed by atoms with Gasteiger partial charge in [-0.25, -0.2) is 0 Å². The summed E-state index contributed by atoms with van der Waals surface area (Å²) in [6.07, 6.45) is 3.41. The standard InChI is InChI=1S/C10H11NO2/c1-8-7-9(5-6-13-2)3-4-10(8)11-12/h3-7H,1-2H3/b6-5+. The maximum atomic E-state index is 10.3. The number of hydrogen-bond donors (Lipinski definition) is 0. The van der Waals surface area contributed by atoms with E-state index in [1.807, 2.05) is 25.1 Å². The highest BCUT2D eigenvalue weighted by Gasteiger charge is 1.97. The molecule has 13 heavy (non-hydrogen) atoms. The molecule has 0 spiro atoms. The Morgan fingerprint density at radius 2 is 2.23 bits per heavy atom. The molecule has 1 aromatic rings. The highest BCUT2D eigenvalue weighted by molar-refractivity contribution is 5.56. The summed E-state index contributed by atoms with van der Waals surface area (Å²) in [5.41, 5.74) is 2.34. The van der Waals surface area contributed by atoms with Gasteiger partial charge in [-0.05, 0) is 41.4 Å². The van der Waals surface area contributed by atoms with Crippen molar-refractivity contribution in [2.45, 2.75) is 6.92 Å². The quantitative estimate of drug-likeness (QED) is 0.525. The van der Waals surface area contributed by atoms with E-state index < -0.39 is 0 Å². The first-order chi connectivity index (χ1) is 6.27. The largest absolute Gasteiger partial charge is 0.504 e. The molecule has 0 saturated heterocycles. The molecular formula is C10H11NO2. The number of benzene rings is 1. The number of methoxy groups -OCH3 is 1. The van der Waals surface area contributed by atoms with E-state index in [1.54, 1.807) is 19.4 Å². The van der Waals surface area contributed by atoms with Crippen LogP contribution in [0.5, 0.6) is 0 Å². The molecule has 0 fully saturated rings. The minimum Gasteiger partial charge on any atom is -0.504 e. The summed E-state index contributed by atoms with van der Waals surface area (Å²) < 4.78 is 4.78. The average Bonchev–Trinajstić information content (AvgIpc) is 2.15. The van der Waals surface area contributed by atoms with Crippen molar-refractivity contribution >= 4 is 11.8 Å². The first kappa shape index (κ1) is 9.45. The lowest BCUT2D eigenvalue weighted by Crippen LogP contribution is -1.77.